The van der Waals surface area contributed by atoms with Crippen molar-refractivity contribution < 1.29 is 22.8 Å². The molecule has 34 heavy (non-hydrogen) atoms. The minimum absolute atomic E-state index is 0.0227. The average Bonchev–Trinajstić information content (AvgIpc) is 3.41. The van der Waals surface area contributed by atoms with Gasteiger partial charge in [-0.25, -0.2) is 4.98 Å². The maximum absolute atomic E-state index is 13.7. The number of primary amides is 1. The molecule has 0 aliphatic rings. The Morgan fingerprint density at radius 1 is 1.24 bits per heavy atom. The van der Waals surface area contributed by atoms with E-state index in [1.54, 1.807) is 18.7 Å². The highest BCUT2D eigenvalue weighted by atomic mass is 79.9. The smallest absolute Gasteiger partial charge is 0.365 e. The number of aryl methyl sites for hydroxylation is 2. The molecule has 4 rings (SSSR count). The Morgan fingerprint density at radius 3 is 2.47 bits per heavy atom. The third-order valence-corrected chi connectivity index (χ3v) is 6.90. The van der Waals surface area contributed by atoms with Gasteiger partial charge in [0.2, 0.25) is 0 Å². The zero-order valence-electron chi connectivity index (χ0n) is 18.0. The van der Waals surface area contributed by atoms with Crippen molar-refractivity contribution in [3.8, 4) is 11.1 Å². The number of pyridine rings is 1. The molecule has 0 atom stereocenters. The lowest BCUT2D eigenvalue weighted by molar-refractivity contribution is -0.140. The first kappa shape index (κ1) is 23.9. The molecular formula is C20H17BrF3N7O2S. The molecule has 4 heterocycles. The van der Waals surface area contributed by atoms with Crippen molar-refractivity contribution >= 4 is 55.0 Å². The number of alkyl halides is 3. The van der Waals surface area contributed by atoms with Crippen LogP contribution >= 0.6 is 27.3 Å². The van der Waals surface area contributed by atoms with Crippen molar-refractivity contribution in [1.82, 2.24) is 24.5 Å². The zero-order valence-corrected chi connectivity index (χ0v) is 20.4. The largest absolute Gasteiger partial charge is 0.433 e. The summed E-state index contributed by atoms with van der Waals surface area (Å²) >= 11 is 3.92. The van der Waals surface area contributed by atoms with Crippen LogP contribution in [-0.2, 0) is 19.8 Å². The van der Waals surface area contributed by atoms with Crippen molar-refractivity contribution in [3.05, 3.63) is 44.9 Å². The topological polar surface area (TPSA) is 121 Å². The van der Waals surface area contributed by atoms with E-state index in [4.69, 9.17) is 5.73 Å². The molecule has 14 heteroatoms. The Bertz CT molecular complexity index is 1440. The minimum atomic E-state index is -4.74. The fourth-order valence-corrected chi connectivity index (χ4v) is 5.15. The van der Waals surface area contributed by atoms with Crippen LogP contribution in [-0.4, -0.2) is 36.4 Å². The van der Waals surface area contributed by atoms with Crippen molar-refractivity contribution in [1.29, 1.82) is 0 Å². The predicted molar refractivity (Wildman–Crippen MR) is 124 cm³/mol. The standard InChI is InChI=1S/C20H17BrF3N7O2S/c1-4-31-8(2)10(6-27-31)9-5-12(20(22,23)24)28-19-13(9)14(16(34-19)17(25)32)29-18(33)15-11(21)7-26-30(15)3/h5-7H,4H2,1-3H3,(H2,25,32)(H,29,33). The van der Waals surface area contributed by atoms with E-state index >= 15 is 0 Å². The number of hydrogen-bond donors (Lipinski definition) is 2. The molecule has 9 nitrogen and oxygen atoms in total. The Balaban J connectivity index is 2.03. The second-order valence-corrected chi connectivity index (χ2v) is 9.14. The molecule has 0 spiro atoms. The number of thiophene rings is 1. The summed E-state index contributed by atoms with van der Waals surface area (Å²) in [5.41, 5.74) is 5.66. The number of fused-ring (bicyclic) bond motifs is 1. The number of aromatic nitrogens is 5. The number of rotatable bonds is 5. The fraction of sp³-hybridized carbons (Fsp3) is 0.250. The number of amides is 2. The van der Waals surface area contributed by atoms with Gasteiger partial charge in [-0.05, 0) is 41.4 Å². The van der Waals surface area contributed by atoms with E-state index in [1.807, 2.05) is 6.92 Å². The van der Waals surface area contributed by atoms with E-state index in [0.29, 0.717) is 33.6 Å². The molecule has 3 N–H and O–H groups in total. The van der Waals surface area contributed by atoms with Gasteiger partial charge in [0.25, 0.3) is 11.8 Å². The summed E-state index contributed by atoms with van der Waals surface area (Å²) < 4.78 is 44.4. The number of nitrogens with one attached hydrogen (secondary N) is 1. The van der Waals surface area contributed by atoms with E-state index in [9.17, 15) is 22.8 Å². The molecule has 178 valence electrons. The molecule has 0 aliphatic heterocycles. The summed E-state index contributed by atoms with van der Waals surface area (Å²) in [7, 11) is 1.55. The molecule has 0 radical (unpaired) electrons. The number of hydrogen-bond acceptors (Lipinski definition) is 6. The van der Waals surface area contributed by atoms with E-state index in [2.05, 4.69) is 36.4 Å². The van der Waals surface area contributed by atoms with E-state index in [0.717, 1.165) is 6.07 Å². The SMILES string of the molecule is CCn1ncc(-c2cc(C(F)(F)F)nc3sc(C(N)=O)c(NC(=O)c4c(Br)cnn4C)c23)c1C. The first-order valence-electron chi connectivity index (χ1n) is 9.80. The van der Waals surface area contributed by atoms with Crippen LogP contribution in [0.3, 0.4) is 0 Å². The van der Waals surface area contributed by atoms with E-state index in [1.165, 1.54) is 17.1 Å². The molecule has 0 saturated carbocycles. The maximum atomic E-state index is 13.7. The van der Waals surface area contributed by atoms with Gasteiger partial charge in [0.1, 0.15) is 21.1 Å². The Labute approximate surface area is 202 Å². The van der Waals surface area contributed by atoms with Crippen LogP contribution in [0.1, 0.15) is 38.5 Å². The Hall–Kier alpha value is -3.26. The summed E-state index contributed by atoms with van der Waals surface area (Å²) in [6.45, 7) is 4.07. The summed E-state index contributed by atoms with van der Waals surface area (Å²) in [5.74, 6) is -1.55. The maximum Gasteiger partial charge on any atom is 0.433 e. The third kappa shape index (κ3) is 3.96. The van der Waals surface area contributed by atoms with Crippen LogP contribution in [0.25, 0.3) is 21.3 Å². The first-order chi connectivity index (χ1) is 15.9. The molecule has 4 aromatic heterocycles. The molecule has 0 aliphatic carbocycles. The Kier molecular flexibility index (Phi) is 5.97. The second-order valence-electron chi connectivity index (χ2n) is 7.28. The van der Waals surface area contributed by atoms with Crippen LogP contribution < -0.4 is 11.1 Å². The number of halogens is 4. The Morgan fingerprint density at radius 2 is 1.94 bits per heavy atom. The summed E-state index contributed by atoms with van der Waals surface area (Å²) in [5, 5.41) is 11.0. The van der Waals surface area contributed by atoms with Gasteiger partial charge in [-0.3, -0.25) is 19.0 Å². The fourth-order valence-electron chi connectivity index (χ4n) is 3.62. The van der Waals surface area contributed by atoms with Crippen LogP contribution in [0, 0.1) is 6.92 Å². The normalized spacial score (nSPS) is 11.9. The van der Waals surface area contributed by atoms with Gasteiger partial charge < -0.3 is 11.1 Å². The van der Waals surface area contributed by atoms with Crippen molar-refractivity contribution in [2.75, 3.05) is 5.32 Å². The van der Waals surface area contributed by atoms with Crippen molar-refractivity contribution in [2.45, 2.75) is 26.6 Å². The second kappa shape index (κ2) is 8.51. The zero-order chi connectivity index (χ0) is 24.9. The van der Waals surface area contributed by atoms with Gasteiger partial charge >= 0.3 is 6.18 Å². The number of carbonyl (C=O) groups excluding carboxylic acids is 2. The number of carbonyl (C=O) groups is 2. The average molecular weight is 556 g/mol. The van der Waals surface area contributed by atoms with Crippen molar-refractivity contribution in [3.63, 3.8) is 0 Å². The molecular weight excluding hydrogens is 539 g/mol. The van der Waals surface area contributed by atoms with Gasteiger partial charge in [0.15, 0.2) is 0 Å². The van der Waals surface area contributed by atoms with Crippen molar-refractivity contribution in [2.24, 2.45) is 12.8 Å². The molecule has 0 unspecified atom stereocenters. The molecule has 0 aromatic carbocycles. The lowest BCUT2D eigenvalue weighted by Crippen LogP contribution is -2.19. The highest BCUT2D eigenvalue weighted by molar-refractivity contribution is 9.10. The van der Waals surface area contributed by atoms with Gasteiger partial charge in [-0.2, -0.15) is 23.4 Å². The highest BCUT2D eigenvalue weighted by Crippen LogP contribution is 2.44. The van der Waals surface area contributed by atoms with Gasteiger partial charge in [-0.15, -0.1) is 11.3 Å². The highest BCUT2D eigenvalue weighted by Gasteiger charge is 2.35. The number of nitrogens with zero attached hydrogens (tertiary/aromatic N) is 5. The molecule has 0 bridgehead atoms. The number of nitrogens with two attached hydrogens (primary N) is 1. The van der Waals surface area contributed by atoms with Gasteiger partial charge in [0.05, 0.1) is 22.6 Å². The minimum Gasteiger partial charge on any atom is -0.365 e. The predicted octanol–water partition coefficient (Wildman–Crippen LogP) is 4.35. The van der Waals surface area contributed by atoms with Gasteiger partial charge in [-0.1, -0.05) is 0 Å². The summed E-state index contributed by atoms with van der Waals surface area (Å²) in [6, 6.07) is 0.888. The van der Waals surface area contributed by atoms with Crippen LogP contribution in [0.5, 0.6) is 0 Å². The quantitative estimate of drug-likeness (QED) is 0.379. The third-order valence-electron chi connectivity index (χ3n) is 5.22. The molecule has 0 fully saturated rings. The van der Waals surface area contributed by atoms with E-state index in [-0.39, 0.29) is 32.0 Å². The first-order valence-corrected chi connectivity index (χ1v) is 11.4. The monoisotopic (exact) mass is 555 g/mol. The van der Waals surface area contributed by atoms with Crippen LogP contribution in [0.4, 0.5) is 18.9 Å². The molecule has 4 aromatic rings. The van der Waals surface area contributed by atoms with E-state index < -0.39 is 23.7 Å². The summed E-state index contributed by atoms with van der Waals surface area (Å²) in [6.07, 6.45) is -1.88. The number of anilines is 1. The van der Waals surface area contributed by atoms with Crippen LogP contribution in [0.15, 0.2) is 22.9 Å². The molecule has 2 amide bonds. The lowest BCUT2D eigenvalue weighted by Gasteiger charge is -2.12. The summed E-state index contributed by atoms with van der Waals surface area (Å²) in [4.78, 5) is 28.8. The van der Waals surface area contributed by atoms with Crippen LogP contribution in [0.2, 0.25) is 0 Å². The molecule has 0 saturated heterocycles. The lowest BCUT2D eigenvalue weighted by atomic mass is 10.0. The van der Waals surface area contributed by atoms with Gasteiger partial charge in [0, 0.05) is 30.2 Å².